The molecule has 2 nitrogen and oxygen atoms in total. The Kier molecular flexibility index (Phi) is 6.94. The molecule has 0 N–H and O–H groups in total. The number of nitrogens with zero attached hydrogens (tertiary/aromatic N) is 2. The third-order valence-corrected chi connectivity index (χ3v) is 7.23. The average Bonchev–Trinajstić information content (AvgIpc) is 3.01. The van der Waals surface area contributed by atoms with Gasteiger partial charge in [-0.05, 0) is 52.9 Å². The number of alkyl halides is 3. The highest BCUT2D eigenvalue weighted by molar-refractivity contribution is 5.96. The lowest BCUT2D eigenvalue weighted by molar-refractivity contribution is -0.137. The zero-order valence-electron chi connectivity index (χ0n) is 22.2. The van der Waals surface area contributed by atoms with E-state index in [4.69, 9.17) is 4.98 Å². The molecule has 200 valence electrons. The van der Waals surface area contributed by atoms with Crippen molar-refractivity contribution in [2.75, 3.05) is 0 Å². The van der Waals surface area contributed by atoms with Gasteiger partial charge in [-0.15, -0.1) is 0 Å². The zero-order chi connectivity index (χ0) is 28.4. The van der Waals surface area contributed by atoms with Crippen LogP contribution < -0.4 is 0 Å². The number of aryl methyl sites for hydroxylation is 1. The van der Waals surface area contributed by atoms with Crippen molar-refractivity contribution in [1.82, 2.24) is 9.97 Å². The Bertz CT molecular complexity index is 1860. The fourth-order valence-electron chi connectivity index (χ4n) is 5.36. The Morgan fingerprint density at radius 2 is 0.805 bits per heavy atom. The van der Waals surface area contributed by atoms with Gasteiger partial charge in [0.05, 0.1) is 17.0 Å². The predicted octanol–water partition coefficient (Wildman–Crippen LogP) is 10.1. The van der Waals surface area contributed by atoms with Crippen molar-refractivity contribution in [1.29, 1.82) is 0 Å². The number of hydrogen-bond acceptors (Lipinski definition) is 2. The van der Waals surface area contributed by atoms with Gasteiger partial charge in [-0.3, -0.25) is 9.97 Å². The topological polar surface area (TPSA) is 25.8 Å². The second-order valence-corrected chi connectivity index (χ2v) is 9.75. The number of hydrogen-bond donors (Lipinski definition) is 0. The van der Waals surface area contributed by atoms with E-state index in [1.165, 1.54) is 12.1 Å². The summed E-state index contributed by atoms with van der Waals surface area (Å²) in [6.45, 7) is 2.08. The maximum Gasteiger partial charge on any atom is 0.417 e. The molecule has 0 aliphatic heterocycles. The minimum absolute atomic E-state index is 0.0951. The average molecular weight is 543 g/mol. The molecular formula is C36H25F3N2. The Morgan fingerprint density at radius 3 is 1.32 bits per heavy atom. The molecule has 4 aromatic carbocycles. The Balaban J connectivity index is 1.57. The largest absolute Gasteiger partial charge is 0.417 e. The summed E-state index contributed by atoms with van der Waals surface area (Å²) in [5.74, 6) is 0. The summed E-state index contributed by atoms with van der Waals surface area (Å²) in [5, 5.41) is 0. The van der Waals surface area contributed by atoms with Crippen LogP contribution in [0.25, 0.3) is 55.9 Å². The minimum atomic E-state index is -4.50. The molecule has 2 aromatic heterocycles. The summed E-state index contributed by atoms with van der Waals surface area (Å²) in [4.78, 5) is 9.45. The summed E-state index contributed by atoms with van der Waals surface area (Å²) < 4.78 is 42.1. The van der Waals surface area contributed by atoms with E-state index in [-0.39, 0.29) is 5.56 Å². The molecular weight excluding hydrogens is 517 g/mol. The van der Waals surface area contributed by atoms with Crippen molar-refractivity contribution in [2.45, 2.75) is 13.1 Å². The van der Waals surface area contributed by atoms with Crippen molar-refractivity contribution in [3.63, 3.8) is 0 Å². The standard InChI is InChI=1S/C36H25F3N2/c1-24-12-2-3-13-25(24)29-19-10-22-40-34(29)30-17-6-4-14-26(30)27-15-5-7-18-31(27)35-32(20-11-23-41-35)28-16-8-9-21-33(28)36(37,38)39/h2-23H,1H3. The molecule has 0 radical (unpaired) electrons. The Hall–Kier alpha value is -5.03. The van der Waals surface area contributed by atoms with E-state index in [0.717, 1.165) is 50.7 Å². The first-order chi connectivity index (χ1) is 19.9. The molecule has 0 amide bonds. The van der Waals surface area contributed by atoms with Gasteiger partial charge in [-0.1, -0.05) is 103 Å². The highest BCUT2D eigenvalue weighted by Gasteiger charge is 2.34. The van der Waals surface area contributed by atoms with Crippen molar-refractivity contribution >= 4 is 0 Å². The van der Waals surface area contributed by atoms with E-state index in [2.05, 4.69) is 30.1 Å². The van der Waals surface area contributed by atoms with Crippen LogP contribution in [0.4, 0.5) is 13.2 Å². The van der Waals surface area contributed by atoms with Crippen LogP contribution in [0.5, 0.6) is 0 Å². The van der Waals surface area contributed by atoms with Crippen LogP contribution in [-0.4, -0.2) is 9.97 Å². The van der Waals surface area contributed by atoms with Crippen LogP contribution >= 0.6 is 0 Å². The second kappa shape index (κ2) is 10.9. The maximum atomic E-state index is 14.0. The molecule has 0 fully saturated rings. The molecule has 0 saturated heterocycles. The lowest BCUT2D eigenvalue weighted by Crippen LogP contribution is -2.07. The van der Waals surface area contributed by atoms with E-state index in [1.807, 2.05) is 66.7 Å². The third-order valence-electron chi connectivity index (χ3n) is 7.23. The minimum Gasteiger partial charge on any atom is -0.256 e. The van der Waals surface area contributed by atoms with Crippen LogP contribution in [0.1, 0.15) is 11.1 Å². The summed E-state index contributed by atoms with van der Waals surface area (Å²) in [7, 11) is 0. The monoisotopic (exact) mass is 542 g/mol. The van der Waals surface area contributed by atoms with E-state index in [0.29, 0.717) is 11.3 Å². The number of benzene rings is 4. The first-order valence-electron chi connectivity index (χ1n) is 13.3. The van der Waals surface area contributed by atoms with Gasteiger partial charge in [0.15, 0.2) is 0 Å². The molecule has 5 heteroatoms. The van der Waals surface area contributed by atoms with Crippen LogP contribution in [0, 0.1) is 6.92 Å². The van der Waals surface area contributed by atoms with Crippen molar-refractivity contribution < 1.29 is 13.2 Å². The lowest BCUT2D eigenvalue weighted by Gasteiger charge is -2.19. The van der Waals surface area contributed by atoms with Gasteiger partial charge in [-0.2, -0.15) is 13.2 Å². The van der Waals surface area contributed by atoms with Gasteiger partial charge in [0.25, 0.3) is 0 Å². The second-order valence-electron chi connectivity index (χ2n) is 9.75. The van der Waals surface area contributed by atoms with E-state index >= 15 is 0 Å². The molecule has 0 atom stereocenters. The molecule has 0 saturated carbocycles. The lowest BCUT2D eigenvalue weighted by atomic mass is 9.87. The number of rotatable bonds is 5. The normalized spacial score (nSPS) is 11.4. The molecule has 0 spiro atoms. The zero-order valence-corrected chi connectivity index (χ0v) is 22.2. The third kappa shape index (κ3) is 5.03. The maximum absolute atomic E-state index is 14.0. The molecule has 6 aromatic rings. The van der Waals surface area contributed by atoms with Crippen molar-refractivity contribution in [2.24, 2.45) is 0 Å². The number of pyridine rings is 2. The molecule has 0 aliphatic rings. The van der Waals surface area contributed by atoms with Crippen LogP contribution in [0.15, 0.2) is 134 Å². The summed E-state index contributed by atoms with van der Waals surface area (Å²) in [6.07, 6.45) is -1.10. The van der Waals surface area contributed by atoms with E-state index in [1.54, 1.807) is 30.6 Å². The highest BCUT2D eigenvalue weighted by atomic mass is 19.4. The van der Waals surface area contributed by atoms with Gasteiger partial charge in [0.2, 0.25) is 0 Å². The molecule has 2 heterocycles. The van der Waals surface area contributed by atoms with Gasteiger partial charge < -0.3 is 0 Å². The van der Waals surface area contributed by atoms with Crippen LogP contribution in [0.2, 0.25) is 0 Å². The summed E-state index contributed by atoms with van der Waals surface area (Å²) >= 11 is 0. The van der Waals surface area contributed by atoms with E-state index < -0.39 is 11.7 Å². The predicted molar refractivity (Wildman–Crippen MR) is 159 cm³/mol. The van der Waals surface area contributed by atoms with Gasteiger partial charge >= 0.3 is 6.18 Å². The SMILES string of the molecule is Cc1ccccc1-c1cccnc1-c1ccccc1-c1ccccc1-c1ncccc1-c1ccccc1C(F)(F)F. The quantitative estimate of drug-likeness (QED) is 0.217. The first kappa shape index (κ1) is 26.2. The number of aromatic nitrogens is 2. The highest BCUT2D eigenvalue weighted by Crippen LogP contribution is 2.44. The molecule has 41 heavy (non-hydrogen) atoms. The Labute approximate surface area is 236 Å². The molecule has 0 aliphatic carbocycles. The van der Waals surface area contributed by atoms with Crippen molar-refractivity contribution in [3.8, 4) is 55.9 Å². The molecule has 0 bridgehead atoms. The van der Waals surface area contributed by atoms with Crippen LogP contribution in [0.3, 0.4) is 0 Å². The summed E-state index contributed by atoms with van der Waals surface area (Å²) in [6, 6.07) is 36.9. The molecule has 0 unspecified atom stereocenters. The van der Waals surface area contributed by atoms with Gasteiger partial charge in [0, 0.05) is 34.6 Å². The van der Waals surface area contributed by atoms with Gasteiger partial charge in [-0.25, -0.2) is 0 Å². The van der Waals surface area contributed by atoms with Crippen molar-refractivity contribution in [3.05, 3.63) is 145 Å². The fourth-order valence-corrected chi connectivity index (χ4v) is 5.36. The van der Waals surface area contributed by atoms with Crippen LogP contribution in [-0.2, 0) is 6.18 Å². The Morgan fingerprint density at radius 1 is 0.415 bits per heavy atom. The molecule has 6 rings (SSSR count). The van der Waals surface area contributed by atoms with E-state index in [9.17, 15) is 13.2 Å². The number of halogens is 3. The summed E-state index contributed by atoms with van der Waals surface area (Å²) in [5.41, 5.74) is 7.80. The smallest absolute Gasteiger partial charge is 0.256 e. The van der Waals surface area contributed by atoms with Gasteiger partial charge in [0.1, 0.15) is 0 Å². The fraction of sp³-hybridized carbons (Fsp3) is 0.0556. The first-order valence-corrected chi connectivity index (χ1v) is 13.3.